The molecule has 1 N–H and O–H groups in total. The molecule has 0 aliphatic rings. The average Bonchev–Trinajstić information content (AvgIpc) is 2.26. The molecular formula is C13H17N3. The molecule has 0 saturated carbocycles. The number of aryl methyl sites for hydroxylation is 1. The van der Waals surface area contributed by atoms with Gasteiger partial charge >= 0.3 is 0 Å². The average molecular weight is 215 g/mol. The molecule has 0 fully saturated rings. The van der Waals surface area contributed by atoms with Crippen molar-refractivity contribution in [3.05, 3.63) is 30.1 Å². The number of aromatic nitrogens is 2. The van der Waals surface area contributed by atoms with Crippen molar-refractivity contribution in [1.29, 1.82) is 0 Å². The van der Waals surface area contributed by atoms with E-state index in [4.69, 9.17) is 0 Å². The molecule has 0 atom stereocenters. The van der Waals surface area contributed by atoms with E-state index in [1.165, 1.54) is 5.56 Å². The van der Waals surface area contributed by atoms with Crippen LogP contribution in [0.25, 0.3) is 10.9 Å². The van der Waals surface area contributed by atoms with Crippen molar-refractivity contribution in [2.75, 3.05) is 11.9 Å². The summed E-state index contributed by atoms with van der Waals surface area (Å²) in [5.74, 6) is 1.54. The number of benzene rings is 1. The van der Waals surface area contributed by atoms with Crippen LogP contribution in [0, 0.1) is 12.8 Å². The number of nitrogens with one attached hydrogen (secondary N) is 1. The van der Waals surface area contributed by atoms with Crippen LogP contribution in [0.1, 0.15) is 19.4 Å². The molecule has 0 bridgehead atoms. The van der Waals surface area contributed by atoms with Gasteiger partial charge < -0.3 is 5.32 Å². The van der Waals surface area contributed by atoms with Crippen LogP contribution in [0.4, 0.5) is 5.82 Å². The lowest BCUT2D eigenvalue weighted by Gasteiger charge is -2.10. The molecule has 2 aromatic rings. The quantitative estimate of drug-likeness (QED) is 0.855. The fraction of sp³-hybridized carbons (Fsp3) is 0.385. The molecule has 3 nitrogen and oxygen atoms in total. The fourth-order valence-corrected chi connectivity index (χ4v) is 1.61. The number of nitrogens with zero attached hydrogens (tertiary/aromatic N) is 2. The SMILES string of the molecule is Cc1ccc2ncnc(NCC(C)C)c2c1. The standard InChI is InChI=1S/C13H17N3/c1-9(2)7-14-13-11-6-10(3)4-5-12(11)15-8-16-13/h4-6,8-9H,7H2,1-3H3,(H,14,15,16). The second kappa shape index (κ2) is 4.47. The second-order valence-electron chi connectivity index (χ2n) is 4.52. The molecule has 0 aliphatic carbocycles. The summed E-state index contributed by atoms with van der Waals surface area (Å²) >= 11 is 0. The lowest BCUT2D eigenvalue weighted by atomic mass is 10.1. The highest BCUT2D eigenvalue weighted by molar-refractivity contribution is 5.89. The van der Waals surface area contributed by atoms with E-state index in [0.717, 1.165) is 23.3 Å². The van der Waals surface area contributed by atoms with Gasteiger partial charge in [0.2, 0.25) is 0 Å². The van der Waals surface area contributed by atoms with Crippen molar-refractivity contribution in [1.82, 2.24) is 9.97 Å². The summed E-state index contributed by atoms with van der Waals surface area (Å²) in [4.78, 5) is 8.56. The molecule has 2 rings (SSSR count). The van der Waals surface area contributed by atoms with E-state index >= 15 is 0 Å². The van der Waals surface area contributed by atoms with Gasteiger partial charge in [0.1, 0.15) is 12.1 Å². The van der Waals surface area contributed by atoms with Crippen LogP contribution in [0.3, 0.4) is 0 Å². The van der Waals surface area contributed by atoms with Crippen LogP contribution in [0.2, 0.25) is 0 Å². The van der Waals surface area contributed by atoms with Crippen LogP contribution in [-0.2, 0) is 0 Å². The minimum absolute atomic E-state index is 0.606. The monoisotopic (exact) mass is 215 g/mol. The molecule has 3 heteroatoms. The molecule has 16 heavy (non-hydrogen) atoms. The van der Waals surface area contributed by atoms with Crippen molar-refractivity contribution in [2.24, 2.45) is 5.92 Å². The van der Waals surface area contributed by atoms with Gasteiger partial charge in [-0.2, -0.15) is 0 Å². The van der Waals surface area contributed by atoms with E-state index in [0.29, 0.717) is 5.92 Å². The molecule has 0 aliphatic heterocycles. The summed E-state index contributed by atoms with van der Waals surface area (Å²) < 4.78 is 0. The maximum Gasteiger partial charge on any atom is 0.137 e. The Hall–Kier alpha value is -1.64. The van der Waals surface area contributed by atoms with Gasteiger partial charge in [0.05, 0.1) is 5.52 Å². The second-order valence-corrected chi connectivity index (χ2v) is 4.52. The van der Waals surface area contributed by atoms with E-state index in [9.17, 15) is 0 Å². The first-order valence-electron chi connectivity index (χ1n) is 5.62. The number of hydrogen-bond donors (Lipinski definition) is 1. The third kappa shape index (κ3) is 2.30. The maximum absolute atomic E-state index is 4.30. The van der Waals surface area contributed by atoms with E-state index < -0.39 is 0 Å². The third-order valence-corrected chi connectivity index (χ3v) is 2.47. The van der Waals surface area contributed by atoms with Crippen LogP contribution < -0.4 is 5.32 Å². The molecule has 0 radical (unpaired) electrons. The first kappa shape index (κ1) is 10.9. The number of anilines is 1. The largest absolute Gasteiger partial charge is 0.369 e. The molecule has 1 heterocycles. The summed E-state index contributed by atoms with van der Waals surface area (Å²) in [6.07, 6.45) is 1.61. The Morgan fingerprint density at radius 3 is 2.81 bits per heavy atom. The third-order valence-electron chi connectivity index (χ3n) is 2.47. The fourth-order valence-electron chi connectivity index (χ4n) is 1.61. The van der Waals surface area contributed by atoms with Gasteiger partial charge in [-0.05, 0) is 25.0 Å². The molecule has 1 aromatic heterocycles. The minimum atomic E-state index is 0.606. The van der Waals surface area contributed by atoms with E-state index in [-0.39, 0.29) is 0 Å². The van der Waals surface area contributed by atoms with E-state index in [1.54, 1.807) is 6.33 Å². The zero-order valence-electron chi connectivity index (χ0n) is 9.99. The zero-order chi connectivity index (χ0) is 11.5. The first-order valence-corrected chi connectivity index (χ1v) is 5.62. The summed E-state index contributed by atoms with van der Waals surface area (Å²) in [7, 11) is 0. The van der Waals surface area contributed by atoms with Crippen molar-refractivity contribution >= 4 is 16.7 Å². The predicted molar refractivity (Wildman–Crippen MR) is 67.6 cm³/mol. The first-order chi connectivity index (χ1) is 7.66. The Kier molecular flexibility index (Phi) is 3.04. The molecular weight excluding hydrogens is 198 g/mol. The van der Waals surface area contributed by atoms with Crippen molar-refractivity contribution in [3.8, 4) is 0 Å². The van der Waals surface area contributed by atoms with Crippen LogP contribution in [0.15, 0.2) is 24.5 Å². The highest BCUT2D eigenvalue weighted by Gasteiger charge is 2.03. The molecule has 0 amide bonds. The molecule has 0 saturated heterocycles. The van der Waals surface area contributed by atoms with Crippen LogP contribution >= 0.6 is 0 Å². The Balaban J connectivity index is 2.40. The Bertz CT molecular complexity index is 492. The van der Waals surface area contributed by atoms with Gasteiger partial charge in [-0.3, -0.25) is 0 Å². The van der Waals surface area contributed by atoms with Crippen LogP contribution in [0.5, 0.6) is 0 Å². The normalized spacial score (nSPS) is 11.0. The van der Waals surface area contributed by atoms with Gasteiger partial charge in [-0.15, -0.1) is 0 Å². The topological polar surface area (TPSA) is 37.8 Å². The Morgan fingerprint density at radius 1 is 1.25 bits per heavy atom. The van der Waals surface area contributed by atoms with Gasteiger partial charge in [0, 0.05) is 11.9 Å². The highest BCUT2D eigenvalue weighted by Crippen LogP contribution is 2.20. The summed E-state index contributed by atoms with van der Waals surface area (Å²) in [6, 6.07) is 6.23. The van der Waals surface area contributed by atoms with Gasteiger partial charge in [0.15, 0.2) is 0 Å². The lowest BCUT2D eigenvalue weighted by molar-refractivity contribution is 0.687. The van der Waals surface area contributed by atoms with Crippen molar-refractivity contribution < 1.29 is 0 Å². The molecule has 1 aromatic carbocycles. The number of rotatable bonds is 3. The van der Waals surface area contributed by atoms with Crippen molar-refractivity contribution in [3.63, 3.8) is 0 Å². The maximum atomic E-state index is 4.30. The Labute approximate surface area is 95.9 Å². The zero-order valence-corrected chi connectivity index (χ0v) is 9.99. The molecule has 0 spiro atoms. The summed E-state index contributed by atoms with van der Waals surface area (Å²) in [5, 5.41) is 4.46. The molecule has 0 unspecified atom stereocenters. The van der Waals surface area contributed by atoms with E-state index in [1.807, 2.05) is 6.07 Å². The summed E-state index contributed by atoms with van der Waals surface area (Å²) in [5.41, 5.74) is 2.22. The highest BCUT2D eigenvalue weighted by atomic mass is 15.0. The minimum Gasteiger partial charge on any atom is -0.369 e. The predicted octanol–water partition coefficient (Wildman–Crippen LogP) is 3.01. The number of fused-ring (bicyclic) bond motifs is 1. The van der Waals surface area contributed by atoms with Crippen LogP contribution in [-0.4, -0.2) is 16.5 Å². The smallest absolute Gasteiger partial charge is 0.137 e. The summed E-state index contributed by atoms with van der Waals surface area (Å²) in [6.45, 7) is 7.38. The number of hydrogen-bond acceptors (Lipinski definition) is 3. The Morgan fingerprint density at radius 2 is 2.06 bits per heavy atom. The molecule has 84 valence electrons. The van der Waals surface area contributed by atoms with Gasteiger partial charge in [0.25, 0.3) is 0 Å². The van der Waals surface area contributed by atoms with E-state index in [2.05, 4.69) is 48.2 Å². The van der Waals surface area contributed by atoms with Crippen molar-refractivity contribution in [2.45, 2.75) is 20.8 Å². The van der Waals surface area contributed by atoms with Gasteiger partial charge in [-0.1, -0.05) is 25.5 Å². The lowest BCUT2D eigenvalue weighted by Crippen LogP contribution is -2.09. The van der Waals surface area contributed by atoms with Gasteiger partial charge in [-0.25, -0.2) is 9.97 Å².